The first-order chi connectivity index (χ1) is 10.6. The second kappa shape index (κ2) is 5.72. The molecule has 1 amide bonds. The maximum atomic E-state index is 12.8. The Balaban J connectivity index is 1.97. The van der Waals surface area contributed by atoms with Crippen LogP contribution in [0.5, 0.6) is 0 Å². The van der Waals surface area contributed by atoms with Crippen LogP contribution in [0.2, 0.25) is 0 Å². The highest BCUT2D eigenvalue weighted by molar-refractivity contribution is 5.98. The van der Waals surface area contributed by atoms with Gasteiger partial charge in [0.1, 0.15) is 23.0 Å². The van der Waals surface area contributed by atoms with E-state index in [1.807, 2.05) is 17.0 Å². The summed E-state index contributed by atoms with van der Waals surface area (Å²) in [6.45, 7) is 5.44. The fraction of sp³-hybridized carbons (Fsp3) is 0.412. The van der Waals surface area contributed by atoms with Crippen molar-refractivity contribution >= 4 is 5.91 Å². The number of furan rings is 1. The molecule has 0 saturated carbocycles. The van der Waals surface area contributed by atoms with Crippen LogP contribution < -0.4 is 0 Å². The molecule has 0 bridgehead atoms. The summed E-state index contributed by atoms with van der Waals surface area (Å²) in [6, 6.07) is 5.85. The molecule has 0 unspecified atom stereocenters. The van der Waals surface area contributed by atoms with Crippen molar-refractivity contribution in [3.05, 3.63) is 41.4 Å². The largest absolute Gasteiger partial charge is 0.443 e. The van der Waals surface area contributed by atoms with Gasteiger partial charge in [0.2, 0.25) is 5.88 Å². The zero-order valence-corrected chi connectivity index (χ0v) is 12.9. The SMILES string of the molecule is Cc1oc(-n2cccc2)c(C#N)c1C(=O)N1CCC(C)CC1. The average molecular weight is 297 g/mol. The molecule has 2 aromatic heterocycles. The van der Waals surface area contributed by atoms with E-state index in [1.54, 1.807) is 23.9 Å². The number of hydrogen-bond acceptors (Lipinski definition) is 3. The summed E-state index contributed by atoms with van der Waals surface area (Å²) < 4.78 is 7.43. The van der Waals surface area contributed by atoms with E-state index in [9.17, 15) is 10.1 Å². The number of piperidine rings is 1. The molecule has 0 atom stereocenters. The topological polar surface area (TPSA) is 62.2 Å². The van der Waals surface area contributed by atoms with Crippen molar-refractivity contribution in [1.29, 1.82) is 5.26 Å². The van der Waals surface area contributed by atoms with Crippen LogP contribution in [0.1, 0.15) is 41.4 Å². The van der Waals surface area contributed by atoms with Crippen molar-refractivity contribution in [2.75, 3.05) is 13.1 Å². The monoisotopic (exact) mass is 297 g/mol. The molecular weight excluding hydrogens is 278 g/mol. The van der Waals surface area contributed by atoms with E-state index in [-0.39, 0.29) is 5.91 Å². The zero-order chi connectivity index (χ0) is 15.7. The number of rotatable bonds is 2. The maximum Gasteiger partial charge on any atom is 0.258 e. The van der Waals surface area contributed by atoms with Crippen LogP contribution in [-0.2, 0) is 0 Å². The number of amides is 1. The Labute approximate surface area is 129 Å². The fourth-order valence-electron chi connectivity index (χ4n) is 2.91. The second-order valence-corrected chi connectivity index (χ2v) is 5.89. The highest BCUT2D eigenvalue weighted by Crippen LogP contribution is 2.28. The van der Waals surface area contributed by atoms with Crippen molar-refractivity contribution in [3.63, 3.8) is 0 Å². The molecule has 1 aliphatic heterocycles. The summed E-state index contributed by atoms with van der Waals surface area (Å²) in [5.41, 5.74) is 0.720. The number of nitrogens with zero attached hydrogens (tertiary/aromatic N) is 3. The zero-order valence-electron chi connectivity index (χ0n) is 12.9. The minimum absolute atomic E-state index is 0.0943. The van der Waals surface area contributed by atoms with E-state index in [2.05, 4.69) is 13.0 Å². The van der Waals surface area contributed by atoms with Gasteiger partial charge in [0.15, 0.2) is 0 Å². The Hall–Kier alpha value is -2.48. The highest BCUT2D eigenvalue weighted by atomic mass is 16.4. The number of aromatic nitrogens is 1. The molecule has 0 N–H and O–H groups in total. The average Bonchev–Trinajstić information content (AvgIpc) is 3.14. The summed E-state index contributed by atoms with van der Waals surface area (Å²) in [5, 5.41) is 9.51. The van der Waals surface area contributed by atoms with Crippen LogP contribution >= 0.6 is 0 Å². The molecule has 1 saturated heterocycles. The number of aryl methyl sites for hydroxylation is 1. The minimum Gasteiger partial charge on any atom is -0.443 e. The number of nitriles is 1. The standard InChI is InChI=1S/C17H19N3O2/c1-12-5-9-19(10-6-12)16(21)15-13(2)22-17(14(15)11-18)20-7-3-4-8-20/h3-4,7-8,12H,5-6,9-10H2,1-2H3. The van der Waals surface area contributed by atoms with Crippen molar-refractivity contribution < 1.29 is 9.21 Å². The molecule has 1 fully saturated rings. The van der Waals surface area contributed by atoms with Gasteiger partial charge >= 0.3 is 0 Å². The van der Waals surface area contributed by atoms with E-state index in [0.29, 0.717) is 28.7 Å². The van der Waals surface area contributed by atoms with E-state index < -0.39 is 0 Å². The van der Waals surface area contributed by atoms with Crippen LogP contribution in [0.4, 0.5) is 0 Å². The van der Waals surface area contributed by atoms with Gasteiger partial charge in [-0.15, -0.1) is 0 Å². The summed E-state index contributed by atoms with van der Waals surface area (Å²) in [4.78, 5) is 14.6. The summed E-state index contributed by atoms with van der Waals surface area (Å²) in [5.74, 6) is 1.48. The number of hydrogen-bond donors (Lipinski definition) is 0. The molecule has 5 heteroatoms. The van der Waals surface area contributed by atoms with Gasteiger partial charge in [-0.05, 0) is 37.8 Å². The summed E-state index contributed by atoms with van der Waals surface area (Å²) >= 11 is 0. The van der Waals surface area contributed by atoms with Gasteiger partial charge < -0.3 is 9.32 Å². The molecule has 1 aliphatic rings. The first kappa shape index (κ1) is 14.5. The first-order valence-corrected chi connectivity index (χ1v) is 7.58. The molecule has 0 aliphatic carbocycles. The van der Waals surface area contributed by atoms with Crippen molar-refractivity contribution in [3.8, 4) is 12.0 Å². The van der Waals surface area contributed by atoms with Crippen molar-refractivity contribution in [2.45, 2.75) is 26.7 Å². The van der Waals surface area contributed by atoms with Gasteiger partial charge in [0.25, 0.3) is 5.91 Å². The Morgan fingerprint density at radius 3 is 2.55 bits per heavy atom. The van der Waals surface area contributed by atoms with E-state index in [4.69, 9.17) is 4.42 Å². The Morgan fingerprint density at radius 1 is 1.32 bits per heavy atom. The summed E-state index contributed by atoms with van der Waals surface area (Å²) in [6.07, 6.45) is 5.62. The minimum atomic E-state index is -0.0943. The van der Waals surface area contributed by atoms with E-state index in [0.717, 1.165) is 25.9 Å². The first-order valence-electron chi connectivity index (χ1n) is 7.58. The molecule has 0 radical (unpaired) electrons. The third-order valence-electron chi connectivity index (χ3n) is 4.30. The molecule has 22 heavy (non-hydrogen) atoms. The van der Waals surface area contributed by atoms with Gasteiger partial charge in [-0.3, -0.25) is 9.36 Å². The lowest BCUT2D eigenvalue weighted by molar-refractivity contribution is 0.0695. The lowest BCUT2D eigenvalue weighted by atomic mass is 9.98. The maximum absolute atomic E-state index is 12.8. The predicted octanol–water partition coefficient (Wildman–Crippen LogP) is 3.12. The van der Waals surface area contributed by atoms with Crippen LogP contribution in [-0.4, -0.2) is 28.5 Å². The molecule has 0 spiro atoms. The van der Waals surface area contributed by atoms with E-state index >= 15 is 0 Å². The van der Waals surface area contributed by atoms with Gasteiger partial charge in [-0.2, -0.15) is 5.26 Å². The fourth-order valence-corrected chi connectivity index (χ4v) is 2.91. The molecule has 0 aromatic carbocycles. The predicted molar refractivity (Wildman–Crippen MR) is 81.8 cm³/mol. The Kier molecular flexibility index (Phi) is 3.76. The van der Waals surface area contributed by atoms with E-state index in [1.165, 1.54) is 0 Å². The normalized spacial score (nSPS) is 15.8. The smallest absolute Gasteiger partial charge is 0.258 e. The quantitative estimate of drug-likeness (QED) is 0.855. The molecular formula is C17H19N3O2. The molecule has 5 nitrogen and oxygen atoms in total. The van der Waals surface area contributed by atoms with Crippen LogP contribution in [0.25, 0.3) is 5.88 Å². The molecule has 2 aromatic rings. The molecule has 3 heterocycles. The Morgan fingerprint density at radius 2 is 1.95 bits per heavy atom. The van der Waals surface area contributed by atoms with Crippen molar-refractivity contribution in [2.24, 2.45) is 5.92 Å². The molecule has 114 valence electrons. The summed E-state index contributed by atoms with van der Waals surface area (Å²) in [7, 11) is 0. The highest BCUT2D eigenvalue weighted by Gasteiger charge is 2.29. The third-order valence-corrected chi connectivity index (χ3v) is 4.30. The van der Waals surface area contributed by atoms with Crippen LogP contribution in [0, 0.1) is 24.2 Å². The lowest BCUT2D eigenvalue weighted by Crippen LogP contribution is -2.38. The Bertz CT molecular complexity index is 714. The van der Waals surface area contributed by atoms with Crippen LogP contribution in [0.15, 0.2) is 28.9 Å². The lowest BCUT2D eigenvalue weighted by Gasteiger charge is -2.30. The van der Waals surface area contributed by atoms with Crippen molar-refractivity contribution in [1.82, 2.24) is 9.47 Å². The van der Waals surface area contributed by atoms with Gasteiger partial charge in [0, 0.05) is 25.5 Å². The molecule has 3 rings (SSSR count). The number of carbonyl (C=O) groups is 1. The second-order valence-electron chi connectivity index (χ2n) is 5.89. The third kappa shape index (κ3) is 2.41. The van der Waals surface area contributed by atoms with Gasteiger partial charge in [0.05, 0.1) is 0 Å². The van der Waals surface area contributed by atoms with Gasteiger partial charge in [-0.1, -0.05) is 6.92 Å². The number of likely N-dealkylation sites (tertiary alicyclic amines) is 1. The van der Waals surface area contributed by atoms with Gasteiger partial charge in [-0.25, -0.2) is 0 Å². The number of carbonyl (C=O) groups excluding carboxylic acids is 1. The van der Waals surface area contributed by atoms with Crippen LogP contribution in [0.3, 0.4) is 0 Å².